The van der Waals surface area contributed by atoms with Gasteiger partial charge in [-0.1, -0.05) is 36.6 Å². The van der Waals surface area contributed by atoms with Crippen molar-refractivity contribution < 1.29 is 48.8 Å². The molecule has 2 atom stereocenters. The summed E-state index contributed by atoms with van der Waals surface area (Å²) >= 11 is 0. The molecule has 4 rings (SSSR count). The Morgan fingerprint density at radius 3 is 2.19 bits per heavy atom. The van der Waals surface area contributed by atoms with Crippen LogP contribution in [0.4, 0.5) is 0 Å². The van der Waals surface area contributed by atoms with Crippen LogP contribution in [-0.2, 0) is 32.1 Å². The lowest BCUT2D eigenvalue weighted by atomic mass is 9.87. The minimum atomic E-state index is -2.74. The summed E-state index contributed by atoms with van der Waals surface area (Å²) < 4.78 is 16.8. The molecule has 1 aromatic carbocycles. The first-order valence-corrected chi connectivity index (χ1v) is 14.3. The number of nitrogens with zero attached hydrogens (tertiary/aromatic N) is 2. The summed E-state index contributed by atoms with van der Waals surface area (Å²) in [4.78, 5) is 33.2. The Hall–Kier alpha value is -3.48. The monoisotopic (exact) mass is 590 g/mol. The molecular formula is C30H42N2O10. The summed E-state index contributed by atoms with van der Waals surface area (Å²) in [5.74, 6) is -1.88. The maximum Gasteiger partial charge on any atom is 0.336 e. The van der Waals surface area contributed by atoms with Crippen molar-refractivity contribution in [2.45, 2.75) is 76.5 Å². The van der Waals surface area contributed by atoms with E-state index in [9.17, 15) is 14.4 Å². The van der Waals surface area contributed by atoms with E-state index in [1.165, 1.54) is 37.7 Å². The van der Waals surface area contributed by atoms with Crippen LogP contribution in [-0.4, -0.2) is 86.9 Å². The van der Waals surface area contributed by atoms with Crippen LogP contribution in [0.25, 0.3) is 0 Å². The van der Waals surface area contributed by atoms with Gasteiger partial charge in [0, 0.05) is 37.5 Å². The molecule has 1 saturated carbocycles. The highest BCUT2D eigenvalue weighted by Gasteiger charge is 2.41. The van der Waals surface area contributed by atoms with Gasteiger partial charge in [-0.15, -0.1) is 0 Å². The maximum absolute atomic E-state index is 10.3. The Labute approximate surface area is 245 Å². The van der Waals surface area contributed by atoms with Gasteiger partial charge in [-0.05, 0) is 43.4 Å². The highest BCUT2D eigenvalue weighted by Crippen LogP contribution is 2.30. The first kappa shape index (κ1) is 33.0. The van der Waals surface area contributed by atoms with Crippen LogP contribution in [0.3, 0.4) is 0 Å². The molecule has 0 unspecified atom stereocenters. The van der Waals surface area contributed by atoms with Gasteiger partial charge in [0.15, 0.2) is 5.60 Å². The predicted molar refractivity (Wildman–Crippen MR) is 150 cm³/mol. The van der Waals surface area contributed by atoms with Gasteiger partial charge >= 0.3 is 17.9 Å². The molecule has 1 aromatic heterocycles. The van der Waals surface area contributed by atoms with Gasteiger partial charge in [0.2, 0.25) is 0 Å². The number of carbonyl (C=O) groups is 3. The van der Waals surface area contributed by atoms with Gasteiger partial charge in [0.05, 0.1) is 38.9 Å². The molecular weight excluding hydrogens is 548 g/mol. The van der Waals surface area contributed by atoms with E-state index in [2.05, 4.69) is 40.4 Å². The van der Waals surface area contributed by atoms with E-state index < -0.39 is 36.4 Å². The molecule has 2 aromatic rings. The fraction of sp³-hybridized carbons (Fsp3) is 0.600. The van der Waals surface area contributed by atoms with Crippen LogP contribution in [0.15, 0.2) is 34.9 Å². The van der Waals surface area contributed by atoms with E-state index in [-0.39, 0.29) is 0 Å². The Kier molecular flexibility index (Phi) is 12.3. The molecule has 2 fully saturated rings. The third kappa shape index (κ3) is 10.1. The number of ether oxygens (including phenoxy) is 2. The maximum atomic E-state index is 10.3. The summed E-state index contributed by atoms with van der Waals surface area (Å²) in [6, 6.07) is 11.0. The number of hydrogen-bond acceptors (Lipinski definition) is 9. The van der Waals surface area contributed by atoms with E-state index >= 15 is 0 Å². The molecule has 0 radical (unpaired) electrons. The average Bonchev–Trinajstić information content (AvgIpc) is 3.57. The van der Waals surface area contributed by atoms with Gasteiger partial charge in [0.1, 0.15) is 11.5 Å². The van der Waals surface area contributed by atoms with Crippen LogP contribution in [0.2, 0.25) is 0 Å². The molecule has 0 bridgehead atoms. The van der Waals surface area contributed by atoms with E-state index in [0.717, 1.165) is 55.8 Å². The van der Waals surface area contributed by atoms with Crippen LogP contribution < -0.4 is 4.74 Å². The largest absolute Gasteiger partial charge is 0.497 e. The molecule has 42 heavy (non-hydrogen) atoms. The van der Waals surface area contributed by atoms with Crippen molar-refractivity contribution >= 4 is 17.9 Å². The summed E-state index contributed by atoms with van der Waals surface area (Å²) in [5.41, 5.74) is -0.451. The van der Waals surface area contributed by atoms with Crippen molar-refractivity contribution in [1.29, 1.82) is 0 Å². The van der Waals surface area contributed by atoms with Crippen molar-refractivity contribution in [3.8, 4) is 5.75 Å². The lowest BCUT2D eigenvalue weighted by Crippen LogP contribution is -2.43. The zero-order valence-corrected chi connectivity index (χ0v) is 24.2. The summed E-state index contributed by atoms with van der Waals surface area (Å²) in [6.45, 7) is 5.70. The fourth-order valence-electron chi connectivity index (χ4n) is 5.65. The molecule has 232 valence electrons. The van der Waals surface area contributed by atoms with Crippen LogP contribution >= 0.6 is 0 Å². The molecule has 2 heterocycles. The minimum Gasteiger partial charge on any atom is -0.497 e. The number of rotatable bonds is 13. The zero-order chi connectivity index (χ0) is 30.7. The van der Waals surface area contributed by atoms with Crippen molar-refractivity contribution in [2.75, 3.05) is 26.9 Å². The predicted octanol–water partition coefficient (Wildman–Crippen LogP) is 3.38. The van der Waals surface area contributed by atoms with E-state index in [0.29, 0.717) is 12.0 Å². The molecule has 4 N–H and O–H groups in total. The van der Waals surface area contributed by atoms with E-state index in [1.807, 2.05) is 6.92 Å². The average molecular weight is 591 g/mol. The first-order valence-electron chi connectivity index (χ1n) is 14.3. The standard InChI is InChI=1S/C24H34N2O3.C6H8O7/c1-18-12-23(29-25-18)13-21-16-28-17-24(21)26(14-19-6-4-3-5-7-19)15-20-8-10-22(27-2)11-9-20;7-3(8)1-6(13,5(11)12)2-4(9)10/h8-12,19,21,24H,3-7,13-17H2,1-2H3;13H,1-2H2,(H,7,8)(H,9,10)(H,11,12)/t21-,24-;/m1./s1. The van der Waals surface area contributed by atoms with E-state index in [1.54, 1.807) is 7.11 Å². The zero-order valence-electron chi connectivity index (χ0n) is 24.2. The molecule has 0 amide bonds. The molecule has 0 spiro atoms. The number of carboxylic acid groups (broad SMARTS) is 3. The highest BCUT2D eigenvalue weighted by molar-refractivity contribution is 5.88. The summed E-state index contributed by atoms with van der Waals surface area (Å²) in [5, 5.41) is 37.9. The van der Waals surface area contributed by atoms with Gasteiger partial charge < -0.3 is 34.4 Å². The third-order valence-corrected chi connectivity index (χ3v) is 7.82. The number of aliphatic carboxylic acids is 3. The Balaban J connectivity index is 0.000000316. The van der Waals surface area contributed by atoms with Crippen molar-refractivity contribution in [2.24, 2.45) is 11.8 Å². The highest BCUT2D eigenvalue weighted by atomic mass is 16.5. The van der Waals surface area contributed by atoms with Crippen LogP contribution in [0, 0.1) is 18.8 Å². The van der Waals surface area contributed by atoms with Gasteiger partial charge in [-0.2, -0.15) is 0 Å². The molecule has 2 aliphatic rings. The first-order chi connectivity index (χ1) is 20.0. The van der Waals surface area contributed by atoms with E-state index in [4.69, 9.17) is 34.4 Å². The second kappa shape index (κ2) is 15.7. The number of benzene rings is 1. The molecule has 12 heteroatoms. The lowest BCUT2D eigenvalue weighted by molar-refractivity contribution is -0.170. The second-order valence-corrected chi connectivity index (χ2v) is 11.3. The number of hydrogen-bond donors (Lipinski definition) is 4. The Bertz CT molecular complexity index is 1140. The molecule has 1 aliphatic heterocycles. The summed E-state index contributed by atoms with van der Waals surface area (Å²) in [6.07, 6.45) is 5.48. The summed E-state index contributed by atoms with van der Waals surface area (Å²) in [7, 11) is 1.72. The molecule has 1 saturated heterocycles. The number of methoxy groups -OCH3 is 1. The van der Waals surface area contributed by atoms with Gasteiger partial charge in [-0.3, -0.25) is 14.5 Å². The number of carboxylic acids is 3. The van der Waals surface area contributed by atoms with Crippen molar-refractivity contribution in [3.05, 3.63) is 47.3 Å². The topological polar surface area (TPSA) is 180 Å². The quantitative estimate of drug-likeness (QED) is 0.267. The molecule has 12 nitrogen and oxygen atoms in total. The second-order valence-electron chi connectivity index (χ2n) is 11.3. The SMILES string of the molecule is COc1ccc(CN(CC2CCCCC2)[C@@H]2COC[C@H]2Cc2cc(C)no2)cc1.O=C(O)CC(O)(CC(=O)O)C(=O)O. The number of aryl methyl sites for hydroxylation is 1. The molecule has 1 aliphatic carbocycles. The van der Waals surface area contributed by atoms with Crippen molar-refractivity contribution in [3.63, 3.8) is 0 Å². The normalized spacial score (nSPS) is 19.2. The van der Waals surface area contributed by atoms with Crippen LogP contribution in [0.1, 0.15) is 62.0 Å². The Morgan fingerprint density at radius 2 is 1.67 bits per heavy atom. The minimum absolute atomic E-state index is 0.421. The number of aromatic nitrogens is 1. The smallest absolute Gasteiger partial charge is 0.336 e. The third-order valence-electron chi connectivity index (χ3n) is 7.82. The van der Waals surface area contributed by atoms with Crippen molar-refractivity contribution in [1.82, 2.24) is 10.1 Å². The Morgan fingerprint density at radius 1 is 1.02 bits per heavy atom. The van der Waals surface area contributed by atoms with Crippen LogP contribution in [0.5, 0.6) is 5.75 Å². The van der Waals surface area contributed by atoms with Gasteiger partial charge in [-0.25, -0.2) is 4.79 Å². The number of aliphatic hydroxyl groups is 1. The van der Waals surface area contributed by atoms with Gasteiger partial charge in [0.25, 0.3) is 0 Å². The fourth-order valence-corrected chi connectivity index (χ4v) is 5.65. The lowest BCUT2D eigenvalue weighted by Gasteiger charge is -2.35.